The van der Waals surface area contributed by atoms with E-state index < -0.39 is 0 Å². The second-order valence-corrected chi connectivity index (χ2v) is 4.98. The zero-order valence-corrected chi connectivity index (χ0v) is 12.0. The van der Waals surface area contributed by atoms with Gasteiger partial charge < -0.3 is 5.32 Å². The predicted molar refractivity (Wildman–Crippen MR) is 79.5 cm³/mol. The minimum Gasteiger partial charge on any atom is -0.350 e. The zero-order valence-electron chi connectivity index (χ0n) is 11.3. The quantitative estimate of drug-likeness (QED) is 0.838. The molecule has 0 aliphatic carbocycles. The van der Waals surface area contributed by atoms with Crippen LogP contribution in [0.2, 0.25) is 5.15 Å². The Balaban J connectivity index is 2.04. The Morgan fingerprint density at radius 1 is 1.16 bits per heavy atom. The molecule has 3 nitrogen and oxygen atoms in total. The van der Waals surface area contributed by atoms with Crippen molar-refractivity contribution in [3.05, 3.63) is 52.3 Å². The van der Waals surface area contributed by atoms with Crippen molar-refractivity contribution < 1.29 is 0 Å². The Morgan fingerprint density at radius 2 is 1.89 bits per heavy atom. The molecule has 1 heterocycles. The normalized spacial score (nSPS) is 10.5. The number of halogens is 1. The van der Waals surface area contributed by atoms with Crippen molar-refractivity contribution in [1.82, 2.24) is 9.97 Å². The molecule has 2 aromatic rings. The summed E-state index contributed by atoms with van der Waals surface area (Å²) in [5.41, 5.74) is 3.44. The Labute approximate surface area is 119 Å². The molecule has 1 aromatic heterocycles. The van der Waals surface area contributed by atoms with Gasteiger partial charge in [0.25, 0.3) is 0 Å². The molecule has 0 amide bonds. The maximum Gasteiger partial charge on any atom is 0.224 e. The third-order valence-corrected chi connectivity index (χ3v) is 3.02. The van der Waals surface area contributed by atoms with Gasteiger partial charge in [-0.1, -0.05) is 54.8 Å². The third-order valence-electron chi connectivity index (χ3n) is 2.83. The van der Waals surface area contributed by atoms with Gasteiger partial charge in [0.15, 0.2) is 0 Å². The van der Waals surface area contributed by atoms with Gasteiger partial charge in [-0.3, -0.25) is 0 Å². The summed E-state index contributed by atoms with van der Waals surface area (Å²) in [6.45, 7) is 4.90. The van der Waals surface area contributed by atoms with E-state index >= 15 is 0 Å². The molecule has 0 spiro atoms. The standard InChI is InChI=1S/C15H18ClN3/c1-3-4-13-9-14(16)19-15(18-13)17-10-12-7-5-11(2)6-8-12/h5-9H,3-4,10H2,1-2H3,(H,17,18,19). The summed E-state index contributed by atoms with van der Waals surface area (Å²) in [6.07, 6.45) is 1.96. The highest BCUT2D eigenvalue weighted by Gasteiger charge is 2.02. The topological polar surface area (TPSA) is 37.8 Å². The molecule has 19 heavy (non-hydrogen) atoms. The van der Waals surface area contributed by atoms with E-state index in [0.717, 1.165) is 18.5 Å². The summed E-state index contributed by atoms with van der Waals surface area (Å²) in [5, 5.41) is 3.70. The average molecular weight is 276 g/mol. The first-order chi connectivity index (χ1) is 9.17. The maximum atomic E-state index is 6.00. The fourth-order valence-corrected chi connectivity index (χ4v) is 2.02. The van der Waals surface area contributed by atoms with Crippen LogP contribution in [0.25, 0.3) is 0 Å². The molecule has 0 saturated carbocycles. The summed E-state index contributed by atoms with van der Waals surface area (Å²) in [5.74, 6) is 0.594. The highest BCUT2D eigenvalue weighted by atomic mass is 35.5. The zero-order chi connectivity index (χ0) is 13.7. The van der Waals surface area contributed by atoms with Crippen LogP contribution in [-0.4, -0.2) is 9.97 Å². The number of benzene rings is 1. The average Bonchev–Trinajstić information content (AvgIpc) is 2.38. The second-order valence-electron chi connectivity index (χ2n) is 4.59. The van der Waals surface area contributed by atoms with Crippen LogP contribution < -0.4 is 5.32 Å². The summed E-state index contributed by atoms with van der Waals surface area (Å²) in [4.78, 5) is 8.64. The van der Waals surface area contributed by atoms with Gasteiger partial charge in [0.05, 0.1) is 0 Å². The smallest absolute Gasteiger partial charge is 0.224 e. The first kappa shape index (κ1) is 13.8. The summed E-state index contributed by atoms with van der Waals surface area (Å²) >= 11 is 6.00. The van der Waals surface area contributed by atoms with E-state index in [0.29, 0.717) is 17.6 Å². The Kier molecular flexibility index (Phi) is 4.74. The van der Waals surface area contributed by atoms with E-state index in [1.165, 1.54) is 11.1 Å². The Morgan fingerprint density at radius 3 is 2.58 bits per heavy atom. The number of aromatic nitrogens is 2. The van der Waals surface area contributed by atoms with Gasteiger partial charge in [0.2, 0.25) is 5.95 Å². The van der Waals surface area contributed by atoms with E-state index in [-0.39, 0.29) is 0 Å². The van der Waals surface area contributed by atoms with E-state index in [1.54, 1.807) is 0 Å². The number of anilines is 1. The maximum absolute atomic E-state index is 6.00. The number of aryl methyl sites for hydroxylation is 2. The van der Waals surface area contributed by atoms with Crippen LogP contribution in [0.15, 0.2) is 30.3 Å². The molecular weight excluding hydrogens is 258 g/mol. The van der Waals surface area contributed by atoms with E-state index in [9.17, 15) is 0 Å². The van der Waals surface area contributed by atoms with Gasteiger partial charge in [0.1, 0.15) is 5.15 Å². The molecule has 2 rings (SSSR count). The van der Waals surface area contributed by atoms with Gasteiger partial charge >= 0.3 is 0 Å². The molecule has 0 bridgehead atoms. The molecule has 1 aromatic carbocycles. The first-order valence-corrected chi connectivity index (χ1v) is 6.88. The largest absolute Gasteiger partial charge is 0.350 e. The summed E-state index contributed by atoms with van der Waals surface area (Å²) in [6, 6.07) is 10.2. The fourth-order valence-electron chi connectivity index (χ4n) is 1.81. The summed E-state index contributed by atoms with van der Waals surface area (Å²) in [7, 11) is 0. The van der Waals surface area contributed by atoms with E-state index in [2.05, 4.69) is 53.4 Å². The van der Waals surface area contributed by atoms with Gasteiger partial charge in [-0.15, -0.1) is 0 Å². The molecule has 0 aliphatic heterocycles. The molecular formula is C15H18ClN3. The lowest BCUT2D eigenvalue weighted by Gasteiger charge is -2.07. The molecule has 0 unspecified atom stereocenters. The molecule has 0 saturated heterocycles. The molecule has 100 valence electrons. The third kappa shape index (κ3) is 4.21. The second kappa shape index (κ2) is 6.53. The van der Waals surface area contributed by atoms with Crippen LogP contribution in [0.1, 0.15) is 30.2 Å². The number of hydrogen-bond acceptors (Lipinski definition) is 3. The SMILES string of the molecule is CCCc1cc(Cl)nc(NCc2ccc(C)cc2)n1. The van der Waals surface area contributed by atoms with Crippen molar-refractivity contribution in [2.75, 3.05) is 5.32 Å². The molecule has 0 fully saturated rings. The Bertz CT molecular complexity index is 538. The minimum atomic E-state index is 0.491. The van der Waals surface area contributed by atoms with Crippen molar-refractivity contribution >= 4 is 17.5 Å². The summed E-state index contributed by atoms with van der Waals surface area (Å²) < 4.78 is 0. The van der Waals surface area contributed by atoms with Crippen molar-refractivity contribution in [3.8, 4) is 0 Å². The molecule has 0 radical (unpaired) electrons. The van der Waals surface area contributed by atoms with Gasteiger partial charge in [-0.2, -0.15) is 0 Å². The van der Waals surface area contributed by atoms with Crippen molar-refractivity contribution in [2.24, 2.45) is 0 Å². The molecule has 0 aliphatic rings. The lowest BCUT2D eigenvalue weighted by atomic mass is 10.1. The van der Waals surface area contributed by atoms with Crippen LogP contribution >= 0.6 is 11.6 Å². The van der Waals surface area contributed by atoms with Crippen LogP contribution in [0.3, 0.4) is 0 Å². The van der Waals surface area contributed by atoms with E-state index in [4.69, 9.17) is 11.6 Å². The highest BCUT2D eigenvalue weighted by Crippen LogP contribution is 2.13. The van der Waals surface area contributed by atoms with Crippen LogP contribution in [0, 0.1) is 6.92 Å². The lowest BCUT2D eigenvalue weighted by Crippen LogP contribution is -2.05. The number of rotatable bonds is 5. The van der Waals surface area contributed by atoms with E-state index in [1.807, 2.05) is 6.07 Å². The minimum absolute atomic E-state index is 0.491. The monoisotopic (exact) mass is 275 g/mol. The molecule has 4 heteroatoms. The van der Waals surface area contributed by atoms with Crippen LogP contribution in [0.5, 0.6) is 0 Å². The number of nitrogens with one attached hydrogen (secondary N) is 1. The van der Waals surface area contributed by atoms with Gasteiger partial charge in [0, 0.05) is 12.2 Å². The Hall–Kier alpha value is -1.61. The molecule has 0 atom stereocenters. The van der Waals surface area contributed by atoms with Crippen LogP contribution in [0.4, 0.5) is 5.95 Å². The number of hydrogen-bond donors (Lipinski definition) is 1. The first-order valence-electron chi connectivity index (χ1n) is 6.50. The predicted octanol–water partition coefficient (Wildman–Crippen LogP) is 4.00. The van der Waals surface area contributed by atoms with Crippen LogP contribution in [-0.2, 0) is 13.0 Å². The highest BCUT2D eigenvalue weighted by molar-refractivity contribution is 6.29. The molecule has 1 N–H and O–H groups in total. The van der Waals surface area contributed by atoms with Gasteiger partial charge in [-0.05, 0) is 25.0 Å². The van der Waals surface area contributed by atoms with Crippen molar-refractivity contribution in [1.29, 1.82) is 0 Å². The fraction of sp³-hybridized carbons (Fsp3) is 0.333. The van der Waals surface area contributed by atoms with Crippen molar-refractivity contribution in [3.63, 3.8) is 0 Å². The number of nitrogens with zero attached hydrogens (tertiary/aromatic N) is 2. The van der Waals surface area contributed by atoms with Gasteiger partial charge in [-0.25, -0.2) is 9.97 Å². The lowest BCUT2D eigenvalue weighted by molar-refractivity contribution is 0.870. The van der Waals surface area contributed by atoms with Crippen molar-refractivity contribution in [2.45, 2.75) is 33.2 Å².